The van der Waals surface area contributed by atoms with E-state index < -0.39 is 5.82 Å². The number of aromatic nitrogens is 4. The second-order valence-corrected chi connectivity index (χ2v) is 7.58. The van der Waals surface area contributed by atoms with Crippen LogP contribution in [-0.4, -0.2) is 38.3 Å². The van der Waals surface area contributed by atoms with Crippen LogP contribution in [0.5, 0.6) is 0 Å². The third-order valence-electron chi connectivity index (χ3n) is 5.43. The van der Waals surface area contributed by atoms with Crippen molar-refractivity contribution in [3.63, 3.8) is 0 Å². The molecular weight excluding hydrogens is 383 g/mol. The fourth-order valence-electron chi connectivity index (χ4n) is 4.06. The lowest BCUT2D eigenvalue weighted by molar-refractivity contribution is 0.102. The molecule has 1 aliphatic rings. The van der Waals surface area contributed by atoms with Crippen molar-refractivity contribution in [1.29, 1.82) is 0 Å². The molecule has 0 radical (unpaired) electrons. The van der Waals surface area contributed by atoms with E-state index in [1.807, 2.05) is 6.07 Å². The number of nitrogens with zero attached hydrogens (tertiary/aromatic N) is 5. The highest BCUT2D eigenvalue weighted by atomic mass is 19.1. The zero-order chi connectivity index (χ0) is 20.7. The highest BCUT2D eigenvalue weighted by Crippen LogP contribution is 2.29. The molecule has 1 aromatic carbocycles. The van der Waals surface area contributed by atoms with Gasteiger partial charge in [0.2, 0.25) is 0 Å². The highest BCUT2D eigenvalue weighted by molar-refractivity contribution is 6.13. The molecular formula is C22H21FN6O. The molecule has 0 bridgehead atoms. The van der Waals surface area contributed by atoms with E-state index in [-0.39, 0.29) is 11.6 Å². The summed E-state index contributed by atoms with van der Waals surface area (Å²) < 4.78 is 15.9. The van der Waals surface area contributed by atoms with Crippen LogP contribution >= 0.6 is 0 Å². The largest absolute Gasteiger partial charge is 0.370 e. The van der Waals surface area contributed by atoms with Crippen molar-refractivity contribution >= 4 is 34.0 Å². The number of carbonyl (C=O) groups is 1. The quantitative estimate of drug-likeness (QED) is 0.559. The van der Waals surface area contributed by atoms with Crippen LogP contribution in [0.1, 0.15) is 35.3 Å². The maximum absolute atomic E-state index is 14.4. The molecule has 0 spiro atoms. The van der Waals surface area contributed by atoms with Crippen LogP contribution in [0.2, 0.25) is 0 Å². The molecule has 7 nitrogen and oxygen atoms in total. The Kier molecular flexibility index (Phi) is 4.54. The van der Waals surface area contributed by atoms with E-state index >= 15 is 0 Å². The van der Waals surface area contributed by atoms with Crippen molar-refractivity contribution in [3.8, 4) is 0 Å². The van der Waals surface area contributed by atoms with Gasteiger partial charge >= 0.3 is 0 Å². The number of benzene rings is 1. The predicted molar refractivity (Wildman–Crippen MR) is 113 cm³/mol. The van der Waals surface area contributed by atoms with Crippen molar-refractivity contribution in [2.75, 3.05) is 23.3 Å². The van der Waals surface area contributed by atoms with Crippen LogP contribution in [0.15, 0.2) is 43.0 Å². The van der Waals surface area contributed by atoms with Gasteiger partial charge in [-0.2, -0.15) is 0 Å². The normalized spacial score (nSPS) is 14.4. The summed E-state index contributed by atoms with van der Waals surface area (Å²) in [6.45, 7) is 3.74. The second-order valence-electron chi connectivity index (χ2n) is 7.58. The van der Waals surface area contributed by atoms with Crippen LogP contribution in [0.3, 0.4) is 0 Å². The maximum Gasteiger partial charge on any atom is 0.257 e. The smallest absolute Gasteiger partial charge is 0.257 e. The van der Waals surface area contributed by atoms with Crippen LogP contribution in [0.4, 0.5) is 15.8 Å². The number of imidazole rings is 1. The summed E-state index contributed by atoms with van der Waals surface area (Å²) >= 11 is 0. The number of anilines is 2. The summed E-state index contributed by atoms with van der Waals surface area (Å²) in [5, 5.41) is 2.78. The SMILES string of the molecule is Cc1cn2cc(NC(=O)c3ccc(N4CCCCC4)c4nccnc34)cc(F)c2n1. The molecule has 1 amide bonds. The van der Waals surface area contributed by atoms with Crippen molar-refractivity contribution in [3.05, 3.63) is 60.1 Å². The molecule has 1 aliphatic heterocycles. The number of carbonyl (C=O) groups excluding carboxylic acids is 1. The number of hydrogen-bond donors (Lipinski definition) is 1. The minimum Gasteiger partial charge on any atom is -0.370 e. The molecule has 3 aromatic heterocycles. The minimum atomic E-state index is -0.494. The molecule has 152 valence electrons. The first-order valence-corrected chi connectivity index (χ1v) is 10.0. The number of pyridine rings is 1. The van der Waals surface area contributed by atoms with Crippen LogP contribution in [0.25, 0.3) is 16.7 Å². The van der Waals surface area contributed by atoms with Crippen LogP contribution in [-0.2, 0) is 0 Å². The third-order valence-corrected chi connectivity index (χ3v) is 5.43. The van der Waals surface area contributed by atoms with Crippen molar-refractivity contribution in [1.82, 2.24) is 19.4 Å². The zero-order valence-corrected chi connectivity index (χ0v) is 16.6. The first-order valence-electron chi connectivity index (χ1n) is 10.0. The van der Waals surface area contributed by atoms with Crippen molar-refractivity contribution in [2.24, 2.45) is 0 Å². The molecule has 0 atom stereocenters. The van der Waals surface area contributed by atoms with E-state index in [0.29, 0.717) is 28.0 Å². The van der Waals surface area contributed by atoms with E-state index in [1.54, 1.807) is 42.2 Å². The second kappa shape index (κ2) is 7.37. The first-order chi connectivity index (χ1) is 14.6. The number of amides is 1. The molecule has 0 unspecified atom stereocenters. The molecule has 1 saturated heterocycles. The van der Waals surface area contributed by atoms with Crippen molar-refractivity contribution < 1.29 is 9.18 Å². The van der Waals surface area contributed by atoms with Gasteiger partial charge in [-0.15, -0.1) is 0 Å². The fourth-order valence-corrected chi connectivity index (χ4v) is 4.06. The maximum atomic E-state index is 14.4. The predicted octanol–water partition coefficient (Wildman–Crippen LogP) is 3.97. The van der Waals surface area contributed by atoms with Gasteiger partial charge in [-0.25, -0.2) is 9.37 Å². The average molecular weight is 404 g/mol. The molecule has 8 heteroatoms. The van der Waals surface area contributed by atoms with Gasteiger partial charge < -0.3 is 14.6 Å². The number of rotatable bonds is 3. The fraction of sp³-hybridized carbons (Fsp3) is 0.273. The van der Waals surface area contributed by atoms with E-state index in [0.717, 1.165) is 31.6 Å². The molecule has 1 fully saturated rings. The summed E-state index contributed by atoms with van der Waals surface area (Å²) in [6, 6.07) is 4.97. The van der Waals surface area contributed by atoms with Gasteiger partial charge in [-0.1, -0.05) is 0 Å². The van der Waals surface area contributed by atoms with E-state index in [1.165, 1.54) is 12.5 Å². The van der Waals surface area contributed by atoms with Crippen molar-refractivity contribution in [2.45, 2.75) is 26.2 Å². The molecule has 1 N–H and O–H groups in total. The van der Waals surface area contributed by atoms with E-state index in [9.17, 15) is 9.18 Å². The summed E-state index contributed by atoms with van der Waals surface area (Å²) in [7, 11) is 0. The molecule has 0 saturated carbocycles. The van der Waals surface area contributed by atoms with Crippen LogP contribution in [0, 0.1) is 12.7 Å². The number of aryl methyl sites for hydroxylation is 1. The lowest BCUT2D eigenvalue weighted by atomic mass is 10.1. The number of hydrogen-bond acceptors (Lipinski definition) is 5. The summed E-state index contributed by atoms with van der Waals surface area (Å²) in [4.78, 5) is 28.4. The van der Waals surface area contributed by atoms with Gasteiger partial charge in [0, 0.05) is 43.9 Å². The topological polar surface area (TPSA) is 75.4 Å². The monoisotopic (exact) mass is 404 g/mol. The Morgan fingerprint density at radius 2 is 1.83 bits per heavy atom. The van der Waals surface area contributed by atoms with E-state index in [2.05, 4.69) is 25.2 Å². The highest BCUT2D eigenvalue weighted by Gasteiger charge is 2.20. The standard InChI is InChI=1S/C22H21FN6O/c1-14-12-29-13-15(11-17(23)21(29)26-14)27-22(30)16-5-6-18(28-9-3-2-4-10-28)20-19(16)24-7-8-25-20/h5-8,11-13H,2-4,9-10H2,1H3,(H,27,30). The van der Waals surface area contributed by atoms with Gasteiger partial charge in [0.05, 0.1) is 22.6 Å². The number of piperidine rings is 1. The Labute approximate surface area is 172 Å². The average Bonchev–Trinajstić information content (AvgIpc) is 3.14. The Bertz CT molecular complexity index is 1260. The Morgan fingerprint density at radius 1 is 1.07 bits per heavy atom. The zero-order valence-electron chi connectivity index (χ0n) is 16.6. The lowest BCUT2D eigenvalue weighted by Crippen LogP contribution is -2.29. The van der Waals surface area contributed by atoms with E-state index in [4.69, 9.17) is 0 Å². The first kappa shape index (κ1) is 18.5. The molecule has 4 aromatic rings. The third kappa shape index (κ3) is 3.24. The molecule has 30 heavy (non-hydrogen) atoms. The number of nitrogens with one attached hydrogen (secondary N) is 1. The molecule has 0 aliphatic carbocycles. The Hall–Kier alpha value is -3.55. The van der Waals surface area contributed by atoms with Gasteiger partial charge in [0.1, 0.15) is 11.0 Å². The Balaban J connectivity index is 1.51. The van der Waals surface area contributed by atoms with Crippen LogP contribution < -0.4 is 10.2 Å². The number of halogens is 1. The summed E-state index contributed by atoms with van der Waals surface area (Å²) in [5.74, 6) is -0.854. The summed E-state index contributed by atoms with van der Waals surface area (Å²) in [6.07, 6.45) is 10.1. The van der Waals surface area contributed by atoms with Gasteiger partial charge in [0.25, 0.3) is 5.91 Å². The lowest BCUT2D eigenvalue weighted by Gasteiger charge is -2.29. The minimum absolute atomic E-state index is 0.229. The number of fused-ring (bicyclic) bond motifs is 2. The van der Waals surface area contributed by atoms with Gasteiger partial charge in [0.15, 0.2) is 11.5 Å². The van der Waals surface area contributed by atoms with Gasteiger partial charge in [-0.05, 0) is 38.3 Å². The summed E-state index contributed by atoms with van der Waals surface area (Å²) in [5.41, 5.74) is 3.92. The van der Waals surface area contributed by atoms with Gasteiger partial charge in [-0.3, -0.25) is 14.8 Å². The molecule has 4 heterocycles. The Morgan fingerprint density at radius 3 is 2.63 bits per heavy atom. The molecule has 5 rings (SSSR count).